The number of aromatic nitrogens is 2. The molecule has 1 aromatic carbocycles. The highest BCUT2D eigenvalue weighted by Crippen LogP contribution is 2.22. The number of halogens is 1. The molecule has 0 unspecified atom stereocenters. The molecule has 2 heterocycles. The van der Waals surface area contributed by atoms with E-state index in [1.54, 1.807) is 18.3 Å². The largest absolute Gasteiger partial charge is 0.346 e. The second kappa shape index (κ2) is 8.16. The van der Waals surface area contributed by atoms with Crippen LogP contribution in [0.1, 0.15) is 24.2 Å². The van der Waals surface area contributed by atoms with Crippen LogP contribution in [0.4, 0.5) is 4.39 Å². The van der Waals surface area contributed by atoms with Crippen molar-refractivity contribution >= 4 is 12.0 Å². The summed E-state index contributed by atoms with van der Waals surface area (Å²) in [4.78, 5) is 19.9. The normalized spacial score (nSPS) is 12.1. The van der Waals surface area contributed by atoms with E-state index in [9.17, 15) is 9.18 Å². The molecule has 5 heteroatoms. The standard InChI is InChI=1S/C21H18FN3O/c1-15(25-21(26)11-9-19-7-2-3-12-23-19)16-5-4-6-17(13-16)18-8-10-20(22)24-14-18/h2-15H,1H3,(H,25,26)/b11-9-/t15-/m0/s1. The van der Waals surface area contributed by atoms with E-state index in [4.69, 9.17) is 0 Å². The minimum absolute atomic E-state index is 0.177. The van der Waals surface area contributed by atoms with Crippen molar-refractivity contribution in [3.8, 4) is 11.1 Å². The zero-order valence-corrected chi connectivity index (χ0v) is 14.3. The van der Waals surface area contributed by atoms with E-state index in [1.807, 2.05) is 49.4 Å². The Balaban J connectivity index is 1.69. The van der Waals surface area contributed by atoms with E-state index < -0.39 is 5.95 Å². The lowest BCUT2D eigenvalue weighted by Gasteiger charge is -2.14. The van der Waals surface area contributed by atoms with Gasteiger partial charge in [-0.3, -0.25) is 9.78 Å². The molecule has 0 bridgehead atoms. The summed E-state index contributed by atoms with van der Waals surface area (Å²) in [6.45, 7) is 1.91. The second-order valence-corrected chi connectivity index (χ2v) is 5.81. The highest BCUT2D eigenvalue weighted by Gasteiger charge is 2.09. The van der Waals surface area contributed by atoms with Gasteiger partial charge in [0.1, 0.15) is 0 Å². The first-order valence-corrected chi connectivity index (χ1v) is 8.23. The number of carbonyl (C=O) groups excluding carboxylic acids is 1. The second-order valence-electron chi connectivity index (χ2n) is 5.81. The fraction of sp³-hybridized carbons (Fsp3) is 0.0952. The van der Waals surface area contributed by atoms with Crippen LogP contribution in [0, 0.1) is 5.95 Å². The van der Waals surface area contributed by atoms with Crippen molar-refractivity contribution in [3.05, 3.63) is 90.3 Å². The summed E-state index contributed by atoms with van der Waals surface area (Å²) in [6, 6.07) is 16.1. The number of pyridine rings is 2. The summed E-state index contributed by atoms with van der Waals surface area (Å²) in [5.41, 5.74) is 3.41. The Morgan fingerprint density at radius 1 is 1.08 bits per heavy atom. The molecule has 0 saturated heterocycles. The minimum atomic E-state index is -0.509. The zero-order chi connectivity index (χ0) is 18.4. The molecule has 0 aliphatic carbocycles. The predicted octanol–water partition coefficient (Wildman–Crippen LogP) is 4.17. The molecule has 4 nitrogen and oxygen atoms in total. The molecule has 1 atom stereocenters. The number of carbonyl (C=O) groups is 1. The molecule has 0 saturated carbocycles. The van der Waals surface area contributed by atoms with Gasteiger partial charge >= 0.3 is 0 Å². The summed E-state index contributed by atoms with van der Waals surface area (Å²) in [5, 5.41) is 2.93. The summed E-state index contributed by atoms with van der Waals surface area (Å²) in [7, 11) is 0. The maximum atomic E-state index is 13.0. The van der Waals surface area contributed by atoms with Gasteiger partial charge in [-0.15, -0.1) is 0 Å². The maximum absolute atomic E-state index is 13.0. The molecule has 0 fully saturated rings. The topological polar surface area (TPSA) is 54.9 Å². The Bertz CT molecular complexity index is 908. The molecular weight excluding hydrogens is 329 g/mol. The fourth-order valence-electron chi connectivity index (χ4n) is 2.51. The lowest BCUT2D eigenvalue weighted by atomic mass is 10.0. The van der Waals surface area contributed by atoms with Crippen molar-refractivity contribution in [2.24, 2.45) is 0 Å². The van der Waals surface area contributed by atoms with Crippen molar-refractivity contribution in [1.82, 2.24) is 15.3 Å². The Hall–Kier alpha value is -3.34. The van der Waals surface area contributed by atoms with Gasteiger partial charge in [-0.1, -0.05) is 24.3 Å². The van der Waals surface area contributed by atoms with Crippen LogP contribution < -0.4 is 5.32 Å². The smallest absolute Gasteiger partial charge is 0.244 e. The van der Waals surface area contributed by atoms with Gasteiger partial charge in [0.05, 0.1) is 11.7 Å². The Labute approximate surface area is 151 Å². The average Bonchev–Trinajstić information content (AvgIpc) is 2.68. The van der Waals surface area contributed by atoms with E-state index >= 15 is 0 Å². The van der Waals surface area contributed by atoms with Crippen LogP contribution in [0.3, 0.4) is 0 Å². The van der Waals surface area contributed by atoms with E-state index in [0.29, 0.717) is 0 Å². The van der Waals surface area contributed by atoms with Crippen molar-refractivity contribution in [3.63, 3.8) is 0 Å². The quantitative estimate of drug-likeness (QED) is 0.557. The summed E-state index contributed by atoms with van der Waals surface area (Å²) < 4.78 is 13.0. The molecule has 1 N–H and O–H groups in total. The number of benzene rings is 1. The SMILES string of the molecule is C[C@H](NC(=O)/C=C\c1ccccn1)c1cccc(-c2ccc(F)nc2)c1. The van der Waals surface area contributed by atoms with E-state index in [2.05, 4.69) is 15.3 Å². The number of nitrogens with one attached hydrogen (secondary N) is 1. The van der Waals surface area contributed by atoms with Crippen molar-refractivity contribution in [2.75, 3.05) is 0 Å². The predicted molar refractivity (Wildman–Crippen MR) is 99.5 cm³/mol. The third kappa shape index (κ3) is 4.60. The van der Waals surface area contributed by atoms with Gasteiger partial charge < -0.3 is 5.32 Å². The van der Waals surface area contributed by atoms with Crippen molar-refractivity contribution < 1.29 is 9.18 Å². The lowest BCUT2D eigenvalue weighted by Crippen LogP contribution is -2.24. The Morgan fingerprint density at radius 2 is 1.96 bits per heavy atom. The zero-order valence-electron chi connectivity index (χ0n) is 14.3. The molecule has 0 radical (unpaired) electrons. The molecule has 130 valence electrons. The Morgan fingerprint density at radius 3 is 2.69 bits per heavy atom. The van der Waals surface area contributed by atoms with Gasteiger partial charge in [-0.05, 0) is 54.5 Å². The molecule has 1 amide bonds. The van der Waals surface area contributed by atoms with Crippen LogP contribution in [0.25, 0.3) is 17.2 Å². The van der Waals surface area contributed by atoms with E-state index in [1.165, 1.54) is 18.3 Å². The van der Waals surface area contributed by atoms with E-state index in [-0.39, 0.29) is 11.9 Å². The van der Waals surface area contributed by atoms with Crippen molar-refractivity contribution in [1.29, 1.82) is 0 Å². The Kier molecular flexibility index (Phi) is 5.49. The van der Waals surface area contributed by atoms with Gasteiger partial charge in [0, 0.05) is 24.0 Å². The summed E-state index contributed by atoms with van der Waals surface area (Å²) in [6.07, 6.45) is 6.30. The third-order valence-corrected chi connectivity index (χ3v) is 3.90. The van der Waals surface area contributed by atoms with Crippen LogP contribution in [-0.2, 0) is 4.79 Å². The van der Waals surface area contributed by atoms with Gasteiger partial charge in [0.2, 0.25) is 11.9 Å². The average molecular weight is 347 g/mol. The van der Waals surface area contributed by atoms with Gasteiger partial charge in [-0.25, -0.2) is 4.98 Å². The summed E-state index contributed by atoms with van der Waals surface area (Å²) in [5.74, 6) is -0.706. The molecule has 3 aromatic rings. The minimum Gasteiger partial charge on any atom is -0.346 e. The van der Waals surface area contributed by atoms with Gasteiger partial charge in [-0.2, -0.15) is 4.39 Å². The third-order valence-electron chi connectivity index (χ3n) is 3.90. The molecular formula is C21H18FN3O. The van der Waals surface area contributed by atoms with Crippen LogP contribution in [0.5, 0.6) is 0 Å². The van der Waals surface area contributed by atoms with Crippen LogP contribution in [0.2, 0.25) is 0 Å². The number of amides is 1. The first-order chi connectivity index (χ1) is 12.6. The van der Waals surface area contributed by atoms with Crippen LogP contribution in [0.15, 0.2) is 73.1 Å². The number of hydrogen-bond acceptors (Lipinski definition) is 3. The first-order valence-electron chi connectivity index (χ1n) is 8.23. The highest BCUT2D eigenvalue weighted by molar-refractivity contribution is 5.91. The molecule has 2 aromatic heterocycles. The van der Waals surface area contributed by atoms with Gasteiger partial charge in [0.15, 0.2) is 0 Å². The monoisotopic (exact) mass is 347 g/mol. The van der Waals surface area contributed by atoms with E-state index in [0.717, 1.165) is 22.4 Å². The number of rotatable bonds is 5. The number of hydrogen-bond donors (Lipinski definition) is 1. The highest BCUT2D eigenvalue weighted by atomic mass is 19.1. The fourth-order valence-corrected chi connectivity index (χ4v) is 2.51. The number of nitrogens with zero attached hydrogens (tertiary/aromatic N) is 2. The molecule has 0 aliphatic heterocycles. The van der Waals surface area contributed by atoms with Gasteiger partial charge in [0.25, 0.3) is 0 Å². The molecule has 3 rings (SSSR count). The summed E-state index contributed by atoms with van der Waals surface area (Å²) >= 11 is 0. The van der Waals surface area contributed by atoms with Crippen molar-refractivity contribution in [2.45, 2.75) is 13.0 Å². The maximum Gasteiger partial charge on any atom is 0.244 e. The lowest BCUT2D eigenvalue weighted by molar-refractivity contribution is -0.117. The van der Waals surface area contributed by atoms with Crippen LogP contribution >= 0.6 is 0 Å². The van der Waals surface area contributed by atoms with Crippen LogP contribution in [-0.4, -0.2) is 15.9 Å². The first kappa shape index (κ1) is 17.5. The molecule has 0 spiro atoms. The molecule has 0 aliphatic rings. The molecule has 26 heavy (non-hydrogen) atoms.